The molecule has 2 heterocycles. The third-order valence-electron chi connectivity index (χ3n) is 5.06. The van der Waals surface area contributed by atoms with Crippen LogP contribution in [0.5, 0.6) is 0 Å². The van der Waals surface area contributed by atoms with Gasteiger partial charge in [-0.1, -0.05) is 12.1 Å². The molecule has 0 saturated heterocycles. The second-order valence-corrected chi connectivity index (χ2v) is 8.97. The molecule has 1 amide bonds. The predicted octanol–water partition coefficient (Wildman–Crippen LogP) is 3.08. The number of nitrogens with zero attached hydrogens (tertiary/aromatic N) is 3. The molecule has 0 spiro atoms. The van der Waals surface area contributed by atoms with Gasteiger partial charge in [0.05, 0.1) is 27.4 Å². The molecule has 0 unspecified atom stereocenters. The van der Waals surface area contributed by atoms with Gasteiger partial charge in [-0.3, -0.25) is 4.79 Å². The van der Waals surface area contributed by atoms with Gasteiger partial charge in [0.2, 0.25) is 10.0 Å². The third kappa shape index (κ3) is 5.03. The first-order valence-corrected chi connectivity index (χ1v) is 11.7. The molecular weight excluding hydrogens is 472 g/mol. The van der Waals surface area contributed by atoms with Gasteiger partial charge in [-0.05, 0) is 61.5 Å². The van der Waals surface area contributed by atoms with Crippen molar-refractivity contribution in [3.8, 4) is 17.4 Å². The van der Waals surface area contributed by atoms with Crippen LogP contribution in [0.3, 0.4) is 0 Å². The largest absolute Gasteiger partial charge is 0.457 e. The molecule has 0 fully saturated rings. The molecule has 0 aliphatic carbocycles. The van der Waals surface area contributed by atoms with E-state index in [1.165, 1.54) is 29.3 Å². The molecule has 10 nitrogen and oxygen atoms in total. The molecule has 3 aromatic rings. The van der Waals surface area contributed by atoms with Gasteiger partial charge in [-0.25, -0.2) is 18.4 Å². The third-order valence-corrected chi connectivity index (χ3v) is 5.99. The van der Waals surface area contributed by atoms with E-state index in [2.05, 4.69) is 5.10 Å². The normalized spacial score (nSPS) is 14.7. The zero-order valence-corrected chi connectivity index (χ0v) is 19.2. The smallest absolute Gasteiger partial charge is 0.339 e. The van der Waals surface area contributed by atoms with Crippen molar-refractivity contribution >= 4 is 39.4 Å². The number of anilines is 1. The average Bonchev–Trinajstić information content (AvgIpc) is 3.42. The van der Waals surface area contributed by atoms with Gasteiger partial charge in [0.25, 0.3) is 5.91 Å². The number of nitriles is 1. The van der Waals surface area contributed by atoms with Crippen LogP contribution in [0.25, 0.3) is 17.4 Å². The lowest BCUT2D eigenvalue weighted by Gasteiger charge is -2.11. The number of furan rings is 1. The van der Waals surface area contributed by atoms with Crippen molar-refractivity contribution < 1.29 is 27.2 Å². The Morgan fingerprint density at radius 2 is 1.83 bits per heavy atom. The zero-order valence-electron chi connectivity index (χ0n) is 18.3. The molecule has 2 N–H and O–H groups in total. The summed E-state index contributed by atoms with van der Waals surface area (Å²) in [4.78, 5) is 24.7. The topological polar surface area (TPSA) is 156 Å². The molecule has 176 valence electrons. The molecular formula is C24H18N4O6S. The highest BCUT2D eigenvalue weighted by molar-refractivity contribution is 7.89. The number of sulfonamides is 1. The summed E-state index contributed by atoms with van der Waals surface area (Å²) in [7, 11) is -3.85. The van der Waals surface area contributed by atoms with Gasteiger partial charge in [0.15, 0.2) is 6.61 Å². The van der Waals surface area contributed by atoms with E-state index in [0.717, 1.165) is 0 Å². The van der Waals surface area contributed by atoms with Crippen molar-refractivity contribution in [2.45, 2.75) is 11.8 Å². The van der Waals surface area contributed by atoms with Gasteiger partial charge in [-0.2, -0.15) is 15.4 Å². The van der Waals surface area contributed by atoms with Crippen molar-refractivity contribution in [3.05, 3.63) is 77.6 Å². The maximum atomic E-state index is 13.0. The minimum absolute atomic E-state index is 0.0698. The molecule has 2 aromatic carbocycles. The van der Waals surface area contributed by atoms with Crippen molar-refractivity contribution in [2.24, 2.45) is 10.2 Å². The van der Waals surface area contributed by atoms with Crippen molar-refractivity contribution in [1.29, 1.82) is 5.26 Å². The summed E-state index contributed by atoms with van der Waals surface area (Å²) < 4.78 is 33.5. The van der Waals surface area contributed by atoms with E-state index in [4.69, 9.17) is 19.6 Å². The molecule has 0 saturated carbocycles. The van der Waals surface area contributed by atoms with Crippen LogP contribution in [0, 0.1) is 11.3 Å². The molecule has 1 aliphatic heterocycles. The predicted molar refractivity (Wildman–Crippen MR) is 126 cm³/mol. The first-order valence-electron chi connectivity index (χ1n) is 10.2. The van der Waals surface area contributed by atoms with E-state index in [1.54, 1.807) is 55.5 Å². The molecule has 1 aromatic heterocycles. The summed E-state index contributed by atoms with van der Waals surface area (Å²) in [6.45, 7) is 1.35. The Bertz CT molecular complexity index is 1510. The lowest BCUT2D eigenvalue weighted by atomic mass is 10.1. The molecule has 4 rings (SSSR count). The fourth-order valence-electron chi connectivity index (χ4n) is 3.32. The molecule has 0 atom stereocenters. The monoisotopic (exact) mass is 490 g/mol. The lowest BCUT2D eigenvalue weighted by molar-refractivity contribution is -0.114. The highest BCUT2D eigenvalue weighted by atomic mass is 32.2. The number of hydrogen-bond acceptors (Lipinski definition) is 8. The zero-order chi connectivity index (χ0) is 25.2. The summed E-state index contributed by atoms with van der Waals surface area (Å²) >= 11 is 0. The fraction of sp³-hybridized carbons (Fsp3) is 0.0833. The van der Waals surface area contributed by atoms with Gasteiger partial charge in [-0.15, -0.1) is 0 Å². The van der Waals surface area contributed by atoms with E-state index < -0.39 is 21.9 Å². The Morgan fingerprint density at radius 3 is 2.46 bits per heavy atom. The van der Waals surface area contributed by atoms with E-state index >= 15 is 0 Å². The van der Waals surface area contributed by atoms with Gasteiger partial charge in [0, 0.05) is 5.56 Å². The maximum absolute atomic E-state index is 13.0. The number of ether oxygens (including phenoxy) is 1. The first-order chi connectivity index (χ1) is 16.7. The summed E-state index contributed by atoms with van der Waals surface area (Å²) in [5.74, 6) is -0.0588. The summed E-state index contributed by atoms with van der Waals surface area (Å²) in [6.07, 6.45) is 1.57. The second kappa shape index (κ2) is 9.38. The number of benzene rings is 2. The van der Waals surface area contributed by atoms with Crippen LogP contribution in [-0.4, -0.2) is 32.6 Å². The number of esters is 1. The van der Waals surface area contributed by atoms with Gasteiger partial charge >= 0.3 is 5.97 Å². The van der Waals surface area contributed by atoms with E-state index in [1.807, 2.05) is 0 Å². The van der Waals surface area contributed by atoms with Gasteiger partial charge in [0.1, 0.15) is 17.6 Å². The standard InChI is InChI=1S/C24H18N4O6S/c1-15-21(23(29)28(27-15)18-6-9-20(10-7-18)35(26,31)32)14-19-8-11-22(34-19)16-2-4-17(5-3-16)24(30)33-13-12-25/h2-11,14H,13H2,1H3,(H2,26,31,32)/b21-14-. The number of hydrogen-bond donors (Lipinski definition) is 1. The highest BCUT2D eigenvalue weighted by Gasteiger charge is 2.29. The quantitative estimate of drug-likeness (QED) is 0.411. The van der Waals surface area contributed by atoms with E-state index in [9.17, 15) is 18.0 Å². The Hall–Kier alpha value is -4.53. The Kier molecular flexibility index (Phi) is 6.33. The van der Waals surface area contributed by atoms with Crippen LogP contribution in [0.4, 0.5) is 5.69 Å². The minimum atomic E-state index is -3.85. The first kappa shape index (κ1) is 23.6. The summed E-state index contributed by atoms with van der Waals surface area (Å²) in [6, 6.07) is 17.1. The van der Waals surface area contributed by atoms with Crippen molar-refractivity contribution in [2.75, 3.05) is 11.6 Å². The van der Waals surface area contributed by atoms with Crippen molar-refractivity contribution in [3.63, 3.8) is 0 Å². The van der Waals surface area contributed by atoms with E-state index in [-0.39, 0.29) is 11.5 Å². The fourth-order valence-corrected chi connectivity index (χ4v) is 3.83. The molecule has 0 bridgehead atoms. The maximum Gasteiger partial charge on any atom is 0.339 e. The molecule has 0 radical (unpaired) electrons. The molecule has 11 heteroatoms. The SMILES string of the molecule is CC1=NN(c2ccc(S(N)(=O)=O)cc2)C(=O)/C1=C\c1ccc(-c2ccc(C(=O)OCC#N)cc2)o1. The summed E-state index contributed by atoms with van der Waals surface area (Å²) in [5, 5.41) is 19.1. The number of primary sulfonamides is 1. The number of carbonyl (C=O) groups is 2. The summed E-state index contributed by atoms with van der Waals surface area (Å²) in [5.41, 5.74) is 2.17. The Morgan fingerprint density at radius 1 is 1.14 bits per heavy atom. The highest BCUT2D eigenvalue weighted by Crippen LogP contribution is 2.28. The van der Waals surface area contributed by atoms with Crippen molar-refractivity contribution in [1.82, 2.24) is 0 Å². The van der Waals surface area contributed by atoms with Crippen LogP contribution >= 0.6 is 0 Å². The van der Waals surface area contributed by atoms with E-state index in [0.29, 0.717) is 39.6 Å². The average molecular weight is 490 g/mol. The van der Waals surface area contributed by atoms with Crippen LogP contribution in [0.15, 0.2) is 80.7 Å². The van der Waals surface area contributed by atoms with Crippen LogP contribution < -0.4 is 10.1 Å². The second-order valence-electron chi connectivity index (χ2n) is 7.41. The molecule has 1 aliphatic rings. The lowest BCUT2D eigenvalue weighted by Crippen LogP contribution is -2.21. The van der Waals surface area contributed by atoms with Crippen LogP contribution in [0.2, 0.25) is 0 Å². The minimum Gasteiger partial charge on any atom is -0.457 e. The van der Waals surface area contributed by atoms with Crippen LogP contribution in [0.1, 0.15) is 23.0 Å². The Balaban J connectivity index is 1.52. The number of carbonyl (C=O) groups excluding carboxylic acids is 2. The number of hydrazone groups is 1. The number of rotatable bonds is 6. The number of amides is 1. The Labute approximate surface area is 200 Å². The number of nitrogens with two attached hydrogens (primary N) is 1. The molecule has 35 heavy (non-hydrogen) atoms. The van der Waals surface area contributed by atoms with Crippen LogP contribution in [-0.2, 0) is 19.6 Å². The van der Waals surface area contributed by atoms with Gasteiger partial charge < -0.3 is 9.15 Å².